The van der Waals surface area contributed by atoms with Gasteiger partial charge >= 0.3 is 6.03 Å². The van der Waals surface area contributed by atoms with Crippen molar-refractivity contribution in [1.29, 1.82) is 0 Å². The van der Waals surface area contributed by atoms with Crippen molar-refractivity contribution in [3.63, 3.8) is 0 Å². The van der Waals surface area contributed by atoms with E-state index < -0.39 is 11.6 Å². The van der Waals surface area contributed by atoms with E-state index in [0.29, 0.717) is 30.2 Å². The van der Waals surface area contributed by atoms with Crippen LogP contribution in [0.25, 0.3) is 0 Å². The molecule has 0 aliphatic carbocycles. The number of hydrogen-bond acceptors (Lipinski definition) is 6. The number of rotatable bonds is 2. The average molecular weight is 314 g/mol. The first-order valence-corrected chi connectivity index (χ1v) is 7.26. The maximum atomic E-state index is 13.0. The van der Waals surface area contributed by atoms with E-state index in [2.05, 4.69) is 15.5 Å². The summed E-state index contributed by atoms with van der Waals surface area (Å²) in [6.45, 7) is 1.99. The minimum Gasteiger partial charge on any atom is -0.493 e. The first-order valence-electron chi connectivity index (χ1n) is 7.26. The Hall–Kier alpha value is -2.90. The quantitative estimate of drug-likeness (QED) is 0.834. The molecule has 1 N–H and O–H groups in total. The summed E-state index contributed by atoms with van der Waals surface area (Å²) in [5, 5.41) is 6.49. The van der Waals surface area contributed by atoms with Gasteiger partial charge in [-0.25, -0.2) is 4.79 Å². The molecule has 23 heavy (non-hydrogen) atoms. The predicted octanol–water partition coefficient (Wildman–Crippen LogP) is 1.11. The fourth-order valence-electron chi connectivity index (χ4n) is 3.06. The maximum absolute atomic E-state index is 13.0. The first-order chi connectivity index (χ1) is 11.1. The molecular formula is C15H14N4O4. The second-order valence-corrected chi connectivity index (χ2v) is 5.56. The molecule has 8 nitrogen and oxygen atoms in total. The molecule has 0 saturated carbocycles. The first kappa shape index (κ1) is 13.7. The Bertz CT molecular complexity index is 802. The normalized spacial score (nSPS) is 22.9. The SMILES string of the molecule is Cc1noc(CN2C(=O)N[C@@]3(CCOc4ccccc43)C2=O)n1. The average Bonchev–Trinajstić information content (AvgIpc) is 3.06. The Balaban J connectivity index is 1.70. The van der Waals surface area contributed by atoms with Crippen molar-refractivity contribution in [3.05, 3.63) is 41.5 Å². The van der Waals surface area contributed by atoms with Crippen LogP contribution in [-0.2, 0) is 16.9 Å². The van der Waals surface area contributed by atoms with Gasteiger partial charge in [0.15, 0.2) is 11.4 Å². The van der Waals surface area contributed by atoms with Crippen LogP contribution >= 0.6 is 0 Å². The number of nitrogens with one attached hydrogen (secondary N) is 1. The van der Waals surface area contributed by atoms with Gasteiger partial charge in [-0.05, 0) is 13.0 Å². The van der Waals surface area contributed by atoms with Crippen LogP contribution in [0.15, 0.2) is 28.8 Å². The van der Waals surface area contributed by atoms with Gasteiger partial charge in [-0.2, -0.15) is 4.98 Å². The summed E-state index contributed by atoms with van der Waals surface area (Å²) in [6, 6.07) is 6.77. The minimum absolute atomic E-state index is 0.0454. The molecule has 1 saturated heterocycles. The molecule has 0 radical (unpaired) electrons. The van der Waals surface area contributed by atoms with Crippen LogP contribution in [-0.4, -0.2) is 33.6 Å². The lowest BCUT2D eigenvalue weighted by Crippen LogP contribution is -2.47. The number of para-hydroxylation sites is 1. The molecule has 1 atom stereocenters. The number of carbonyl (C=O) groups is 2. The van der Waals surface area contributed by atoms with Gasteiger partial charge in [0.25, 0.3) is 5.91 Å². The number of urea groups is 1. The molecule has 1 aromatic heterocycles. The lowest BCUT2D eigenvalue weighted by atomic mass is 9.84. The van der Waals surface area contributed by atoms with Crippen molar-refractivity contribution in [2.45, 2.75) is 25.4 Å². The smallest absolute Gasteiger partial charge is 0.325 e. The van der Waals surface area contributed by atoms with Crippen LogP contribution in [0.4, 0.5) is 4.79 Å². The number of aryl methyl sites for hydroxylation is 1. The molecule has 3 heterocycles. The molecule has 1 fully saturated rings. The van der Waals surface area contributed by atoms with E-state index in [1.165, 1.54) is 0 Å². The van der Waals surface area contributed by atoms with Gasteiger partial charge < -0.3 is 14.6 Å². The molecule has 0 bridgehead atoms. The van der Waals surface area contributed by atoms with E-state index in [4.69, 9.17) is 9.26 Å². The summed E-state index contributed by atoms with van der Waals surface area (Å²) < 4.78 is 10.6. The Labute approximate surface area is 131 Å². The number of amides is 3. The number of imide groups is 1. The number of aromatic nitrogens is 2. The Morgan fingerprint density at radius 1 is 1.35 bits per heavy atom. The van der Waals surface area contributed by atoms with Crippen LogP contribution in [0, 0.1) is 6.92 Å². The van der Waals surface area contributed by atoms with Gasteiger partial charge in [-0.3, -0.25) is 9.69 Å². The largest absolute Gasteiger partial charge is 0.493 e. The molecule has 1 aromatic carbocycles. The second kappa shape index (κ2) is 4.80. The summed E-state index contributed by atoms with van der Waals surface area (Å²) in [6.07, 6.45) is 0.383. The van der Waals surface area contributed by atoms with Crippen LogP contribution < -0.4 is 10.1 Å². The molecule has 0 unspecified atom stereocenters. The highest BCUT2D eigenvalue weighted by Crippen LogP contribution is 2.41. The number of hydrogen-bond donors (Lipinski definition) is 1. The summed E-state index contributed by atoms with van der Waals surface area (Å²) in [5.74, 6) is 0.971. The fraction of sp³-hybridized carbons (Fsp3) is 0.333. The second-order valence-electron chi connectivity index (χ2n) is 5.56. The van der Waals surface area contributed by atoms with Crippen LogP contribution in [0.2, 0.25) is 0 Å². The van der Waals surface area contributed by atoms with Gasteiger partial charge in [0, 0.05) is 12.0 Å². The van der Waals surface area contributed by atoms with Crippen LogP contribution in [0.1, 0.15) is 23.7 Å². The van der Waals surface area contributed by atoms with Crippen molar-refractivity contribution < 1.29 is 18.8 Å². The van der Waals surface area contributed by atoms with Crippen molar-refractivity contribution in [1.82, 2.24) is 20.4 Å². The molecule has 2 aliphatic rings. The summed E-state index contributed by atoms with van der Waals surface area (Å²) in [7, 11) is 0. The molecule has 118 valence electrons. The lowest BCUT2D eigenvalue weighted by Gasteiger charge is -2.33. The number of nitrogens with zero attached hydrogens (tertiary/aromatic N) is 3. The Morgan fingerprint density at radius 2 is 2.17 bits per heavy atom. The van der Waals surface area contributed by atoms with E-state index in [9.17, 15) is 9.59 Å². The van der Waals surface area contributed by atoms with Crippen molar-refractivity contribution in [2.24, 2.45) is 0 Å². The number of benzene rings is 1. The Kier molecular flexibility index (Phi) is 2.87. The zero-order valence-electron chi connectivity index (χ0n) is 12.4. The molecular weight excluding hydrogens is 300 g/mol. The third-order valence-corrected chi connectivity index (χ3v) is 4.12. The summed E-state index contributed by atoms with van der Waals surface area (Å²) in [4.78, 5) is 30.5. The van der Waals surface area contributed by atoms with Gasteiger partial charge in [-0.15, -0.1) is 0 Å². The van der Waals surface area contributed by atoms with E-state index >= 15 is 0 Å². The summed E-state index contributed by atoms with van der Waals surface area (Å²) in [5.41, 5.74) is -0.408. The van der Waals surface area contributed by atoms with E-state index in [1.54, 1.807) is 19.1 Å². The van der Waals surface area contributed by atoms with Gasteiger partial charge in [0.05, 0.1) is 6.61 Å². The summed E-state index contributed by atoms with van der Waals surface area (Å²) >= 11 is 0. The maximum Gasteiger partial charge on any atom is 0.325 e. The van der Waals surface area contributed by atoms with Crippen LogP contribution in [0.5, 0.6) is 5.75 Å². The van der Waals surface area contributed by atoms with E-state index in [-0.39, 0.29) is 18.3 Å². The zero-order valence-corrected chi connectivity index (χ0v) is 12.4. The van der Waals surface area contributed by atoms with E-state index in [1.807, 2.05) is 12.1 Å². The zero-order chi connectivity index (χ0) is 16.0. The minimum atomic E-state index is -1.08. The molecule has 4 rings (SSSR count). The number of carbonyl (C=O) groups excluding carboxylic acids is 2. The highest BCUT2D eigenvalue weighted by Gasteiger charge is 2.55. The van der Waals surface area contributed by atoms with Gasteiger partial charge in [0.1, 0.15) is 12.3 Å². The standard InChI is InChI=1S/C15H14N4O4/c1-9-16-12(23-18-9)8-19-13(20)15(17-14(19)21)6-7-22-11-5-3-2-4-10(11)15/h2-5H,6-8H2,1H3,(H,17,21)/t15-/m1/s1. The third-order valence-electron chi connectivity index (χ3n) is 4.12. The van der Waals surface area contributed by atoms with Crippen LogP contribution in [0.3, 0.4) is 0 Å². The fourth-order valence-corrected chi connectivity index (χ4v) is 3.06. The lowest BCUT2D eigenvalue weighted by molar-refractivity contribution is -0.133. The van der Waals surface area contributed by atoms with Crippen molar-refractivity contribution in [2.75, 3.05) is 6.61 Å². The van der Waals surface area contributed by atoms with Gasteiger partial charge in [0.2, 0.25) is 5.89 Å². The van der Waals surface area contributed by atoms with Gasteiger partial charge in [-0.1, -0.05) is 23.4 Å². The Morgan fingerprint density at radius 3 is 2.96 bits per heavy atom. The van der Waals surface area contributed by atoms with Crippen molar-refractivity contribution >= 4 is 11.9 Å². The third kappa shape index (κ3) is 1.98. The molecule has 3 amide bonds. The highest BCUT2D eigenvalue weighted by atomic mass is 16.5. The van der Waals surface area contributed by atoms with Crippen molar-refractivity contribution in [3.8, 4) is 5.75 Å². The molecule has 1 spiro atoms. The highest BCUT2D eigenvalue weighted by molar-refractivity contribution is 6.07. The predicted molar refractivity (Wildman–Crippen MR) is 76.3 cm³/mol. The number of ether oxygens (including phenoxy) is 1. The monoisotopic (exact) mass is 314 g/mol. The number of fused-ring (bicyclic) bond motifs is 2. The molecule has 2 aromatic rings. The molecule has 2 aliphatic heterocycles. The topological polar surface area (TPSA) is 97.6 Å². The molecule has 8 heteroatoms. The van der Waals surface area contributed by atoms with E-state index in [0.717, 1.165) is 4.90 Å².